The molecular formula is C21H28O2. The molecule has 124 valence electrons. The fourth-order valence-corrected chi connectivity index (χ4v) is 3.09. The molecule has 0 bridgehead atoms. The zero-order chi connectivity index (χ0) is 17.3. The SMILES string of the molecule is Cc1ccc2c(c1CCC(C)C(C)C)C(=O)C(=O)C(C(C)C)=C2. The van der Waals surface area contributed by atoms with E-state index < -0.39 is 0 Å². The smallest absolute Gasteiger partial charge is 0.234 e. The summed E-state index contributed by atoms with van der Waals surface area (Å²) in [7, 11) is 0. The van der Waals surface area contributed by atoms with E-state index in [4.69, 9.17) is 0 Å². The number of aryl methyl sites for hydroxylation is 1. The molecule has 0 saturated carbocycles. The van der Waals surface area contributed by atoms with Gasteiger partial charge in [0, 0.05) is 11.1 Å². The molecule has 23 heavy (non-hydrogen) atoms. The van der Waals surface area contributed by atoms with Crippen molar-refractivity contribution in [2.45, 2.75) is 54.4 Å². The molecule has 2 nitrogen and oxygen atoms in total. The van der Waals surface area contributed by atoms with E-state index in [1.165, 1.54) is 0 Å². The summed E-state index contributed by atoms with van der Waals surface area (Å²) in [4.78, 5) is 25.1. The fourth-order valence-electron chi connectivity index (χ4n) is 3.09. The first-order valence-corrected chi connectivity index (χ1v) is 8.67. The molecule has 0 spiro atoms. The van der Waals surface area contributed by atoms with Crippen molar-refractivity contribution in [3.05, 3.63) is 40.0 Å². The summed E-state index contributed by atoms with van der Waals surface area (Å²) in [6, 6.07) is 4.05. The number of Topliss-reactive ketones (excluding diaryl/α,β-unsaturated/α-hetero) is 2. The largest absolute Gasteiger partial charge is 0.285 e. The minimum Gasteiger partial charge on any atom is -0.285 e. The van der Waals surface area contributed by atoms with E-state index in [0.29, 0.717) is 23.0 Å². The van der Waals surface area contributed by atoms with Crippen LogP contribution in [0.5, 0.6) is 0 Å². The van der Waals surface area contributed by atoms with E-state index in [1.54, 1.807) is 0 Å². The van der Waals surface area contributed by atoms with Crippen LogP contribution in [0.1, 0.15) is 68.1 Å². The zero-order valence-electron chi connectivity index (χ0n) is 15.2. The summed E-state index contributed by atoms with van der Waals surface area (Å²) in [5, 5.41) is 0. The third kappa shape index (κ3) is 3.46. The molecule has 1 aromatic carbocycles. The number of allylic oxidation sites excluding steroid dienone is 1. The Balaban J connectivity index is 2.46. The van der Waals surface area contributed by atoms with Crippen LogP contribution in [0, 0.1) is 24.7 Å². The maximum Gasteiger partial charge on any atom is 0.234 e. The van der Waals surface area contributed by atoms with Crippen molar-refractivity contribution < 1.29 is 9.59 Å². The molecule has 1 aliphatic rings. The lowest BCUT2D eigenvalue weighted by molar-refractivity contribution is -0.112. The van der Waals surface area contributed by atoms with Crippen LogP contribution in [0.4, 0.5) is 0 Å². The van der Waals surface area contributed by atoms with Crippen LogP contribution < -0.4 is 0 Å². The minimum atomic E-state index is -0.323. The Morgan fingerprint density at radius 1 is 0.957 bits per heavy atom. The quantitative estimate of drug-likeness (QED) is 0.715. The molecule has 1 aromatic rings. The second kappa shape index (κ2) is 6.82. The molecule has 2 heteroatoms. The molecule has 0 heterocycles. The highest BCUT2D eigenvalue weighted by molar-refractivity contribution is 6.52. The predicted octanol–water partition coefficient (Wildman–Crippen LogP) is 5.02. The molecule has 0 N–H and O–H groups in total. The van der Waals surface area contributed by atoms with E-state index in [9.17, 15) is 9.59 Å². The van der Waals surface area contributed by atoms with Crippen molar-refractivity contribution in [2.24, 2.45) is 17.8 Å². The number of carbonyl (C=O) groups excluding carboxylic acids is 2. The number of hydrogen-bond acceptors (Lipinski definition) is 2. The van der Waals surface area contributed by atoms with Gasteiger partial charge in [0.1, 0.15) is 0 Å². The van der Waals surface area contributed by atoms with E-state index >= 15 is 0 Å². The highest BCUT2D eigenvalue weighted by Gasteiger charge is 2.31. The molecule has 1 atom stereocenters. The van der Waals surface area contributed by atoms with E-state index in [1.807, 2.05) is 32.9 Å². The van der Waals surface area contributed by atoms with Gasteiger partial charge in [0.25, 0.3) is 0 Å². The average Bonchev–Trinajstić information content (AvgIpc) is 2.49. The Labute approximate surface area is 140 Å². The Kier molecular flexibility index (Phi) is 5.23. The maximum absolute atomic E-state index is 12.7. The molecule has 0 radical (unpaired) electrons. The Bertz CT molecular complexity index is 663. The highest BCUT2D eigenvalue weighted by atomic mass is 16.2. The fraction of sp³-hybridized carbons (Fsp3) is 0.524. The number of hydrogen-bond donors (Lipinski definition) is 0. The van der Waals surface area contributed by atoms with Crippen molar-refractivity contribution in [2.75, 3.05) is 0 Å². The van der Waals surface area contributed by atoms with Gasteiger partial charge in [-0.2, -0.15) is 0 Å². The molecule has 1 aliphatic carbocycles. The van der Waals surface area contributed by atoms with Crippen LogP contribution in [0.3, 0.4) is 0 Å². The first kappa shape index (κ1) is 17.7. The van der Waals surface area contributed by atoms with Gasteiger partial charge in [-0.3, -0.25) is 9.59 Å². The Morgan fingerprint density at radius 2 is 1.61 bits per heavy atom. The lowest BCUT2D eigenvalue weighted by Crippen LogP contribution is -2.26. The van der Waals surface area contributed by atoms with Crippen molar-refractivity contribution in [3.8, 4) is 0 Å². The number of carbonyl (C=O) groups is 2. The molecule has 1 unspecified atom stereocenters. The van der Waals surface area contributed by atoms with Crippen LogP contribution in [-0.2, 0) is 11.2 Å². The van der Waals surface area contributed by atoms with Crippen LogP contribution in [0.25, 0.3) is 6.08 Å². The second-order valence-electron chi connectivity index (χ2n) is 7.50. The van der Waals surface area contributed by atoms with Gasteiger partial charge in [-0.05, 0) is 60.3 Å². The third-order valence-corrected chi connectivity index (χ3v) is 5.20. The Hall–Kier alpha value is -1.70. The molecule has 0 saturated heterocycles. The van der Waals surface area contributed by atoms with E-state index in [-0.39, 0.29) is 17.5 Å². The normalized spacial score (nSPS) is 15.9. The van der Waals surface area contributed by atoms with E-state index in [2.05, 4.69) is 26.8 Å². The maximum atomic E-state index is 12.7. The van der Waals surface area contributed by atoms with Gasteiger partial charge in [-0.15, -0.1) is 0 Å². The van der Waals surface area contributed by atoms with Gasteiger partial charge in [-0.1, -0.05) is 46.8 Å². The lowest BCUT2D eigenvalue weighted by atomic mass is 9.80. The average molecular weight is 312 g/mol. The monoisotopic (exact) mass is 312 g/mol. The standard InChI is InChI=1S/C21H28O2/c1-12(2)14(5)8-10-17-15(6)7-9-16-11-18(13(3)4)20(22)21(23)19(16)17/h7,9,11-14H,8,10H2,1-6H3. The van der Waals surface area contributed by atoms with Gasteiger partial charge >= 0.3 is 0 Å². The van der Waals surface area contributed by atoms with Crippen LogP contribution in [0.2, 0.25) is 0 Å². The zero-order valence-corrected chi connectivity index (χ0v) is 15.2. The van der Waals surface area contributed by atoms with Crippen LogP contribution >= 0.6 is 0 Å². The number of benzene rings is 1. The molecule has 0 fully saturated rings. The highest BCUT2D eigenvalue weighted by Crippen LogP contribution is 2.31. The summed E-state index contributed by atoms with van der Waals surface area (Å²) in [5.41, 5.74) is 4.37. The first-order valence-electron chi connectivity index (χ1n) is 8.67. The summed E-state index contributed by atoms with van der Waals surface area (Å²) in [5.74, 6) is 0.657. The lowest BCUT2D eigenvalue weighted by Gasteiger charge is -2.22. The third-order valence-electron chi connectivity index (χ3n) is 5.20. The summed E-state index contributed by atoms with van der Waals surface area (Å²) in [6.07, 6.45) is 3.81. The number of rotatable bonds is 5. The molecule has 0 amide bonds. The number of fused-ring (bicyclic) bond motifs is 1. The van der Waals surface area contributed by atoms with Gasteiger partial charge < -0.3 is 0 Å². The Morgan fingerprint density at radius 3 is 2.17 bits per heavy atom. The van der Waals surface area contributed by atoms with Gasteiger partial charge in [0.05, 0.1) is 0 Å². The number of ketones is 2. The van der Waals surface area contributed by atoms with Gasteiger partial charge in [-0.25, -0.2) is 0 Å². The summed E-state index contributed by atoms with van der Waals surface area (Å²) >= 11 is 0. The van der Waals surface area contributed by atoms with Crippen molar-refractivity contribution in [1.29, 1.82) is 0 Å². The van der Waals surface area contributed by atoms with Gasteiger partial charge in [0.2, 0.25) is 11.6 Å². The van der Waals surface area contributed by atoms with E-state index in [0.717, 1.165) is 29.5 Å². The summed E-state index contributed by atoms with van der Waals surface area (Å²) < 4.78 is 0. The van der Waals surface area contributed by atoms with Crippen molar-refractivity contribution in [1.82, 2.24) is 0 Å². The van der Waals surface area contributed by atoms with Crippen LogP contribution in [0.15, 0.2) is 17.7 Å². The predicted molar refractivity (Wildman–Crippen MR) is 95.7 cm³/mol. The topological polar surface area (TPSA) is 34.1 Å². The van der Waals surface area contributed by atoms with Crippen molar-refractivity contribution >= 4 is 17.6 Å². The molecule has 0 aliphatic heterocycles. The minimum absolute atomic E-state index is 0.0744. The van der Waals surface area contributed by atoms with Gasteiger partial charge in [0.15, 0.2) is 0 Å². The molecule has 0 aromatic heterocycles. The van der Waals surface area contributed by atoms with Crippen molar-refractivity contribution in [3.63, 3.8) is 0 Å². The molecular weight excluding hydrogens is 284 g/mol. The first-order chi connectivity index (χ1) is 10.7. The van der Waals surface area contributed by atoms with Crippen LogP contribution in [-0.4, -0.2) is 11.6 Å². The molecule has 2 rings (SSSR count). The summed E-state index contributed by atoms with van der Waals surface area (Å²) in [6.45, 7) is 12.7. The second-order valence-corrected chi connectivity index (χ2v) is 7.50.